The molecule has 3 nitrogen and oxygen atoms in total. The number of aliphatic hydroxyl groups is 1. The van der Waals surface area contributed by atoms with Gasteiger partial charge in [-0.2, -0.15) is 0 Å². The second-order valence-corrected chi connectivity index (χ2v) is 6.31. The Morgan fingerprint density at radius 2 is 2.10 bits per heavy atom. The topological polar surface area (TPSA) is 41.5 Å². The highest BCUT2D eigenvalue weighted by Gasteiger charge is 2.45. The third-order valence-corrected chi connectivity index (χ3v) is 5.00. The van der Waals surface area contributed by atoms with Gasteiger partial charge in [-0.3, -0.25) is 0 Å². The van der Waals surface area contributed by atoms with E-state index in [4.69, 9.17) is 4.74 Å². The normalized spacial score (nSPS) is 32.2. The summed E-state index contributed by atoms with van der Waals surface area (Å²) in [5.74, 6) is 1.20. The molecule has 1 aromatic carbocycles. The van der Waals surface area contributed by atoms with Gasteiger partial charge in [0.15, 0.2) is 0 Å². The van der Waals surface area contributed by atoms with E-state index in [9.17, 15) is 5.11 Å². The van der Waals surface area contributed by atoms with E-state index in [-0.39, 0.29) is 6.04 Å². The lowest BCUT2D eigenvalue weighted by molar-refractivity contribution is -0.0861. The van der Waals surface area contributed by atoms with Crippen molar-refractivity contribution in [2.24, 2.45) is 5.92 Å². The van der Waals surface area contributed by atoms with Crippen molar-refractivity contribution in [3.63, 3.8) is 0 Å². The van der Waals surface area contributed by atoms with Crippen LogP contribution in [0.2, 0.25) is 0 Å². The Balaban J connectivity index is 1.77. The number of fused-ring (bicyclic) bond motifs is 1. The van der Waals surface area contributed by atoms with E-state index in [2.05, 4.69) is 24.0 Å². The van der Waals surface area contributed by atoms with Crippen LogP contribution in [0.3, 0.4) is 0 Å². The highest BCUT2D eigenvalue weighted by atomic mass is 16.5. The third kappa shape index (κ3) is 2.99. The summed E-state index contributed by atoms with van der Waals surface area (Å²) >= 11 is 0. The Labute approximate surface area is 127 Å². The molecule has 3 rings (SSSR count). The van der Waals surface area contributed by atoms with Crippen LogP contribution in [0.15, 0.2) is 36.9 Å². The quantitative estimate of drug-likeness (QED) is 0.836. The molecule has 2 aliphatic rings. The lowest BCUT2D eigenvalue weighted by Gasteiger charge is -2.48. The van der Waals surface area contributed by atoms with Crippen molar-refractivity contribution in [1.82, 2.24) is 5.32 Å². The minimum absolute atomic E-state index is 0.262. The first-order valence-electron chi connectivity index (χ1n) is 8.02. The van der Waals surface area contributed by atoms with Crippen LogP contribution in [0.1, 0.15) is 43.7 Å². The minimum atomic E-state index is -0.466. The summed E-state index contributed by atoms with van der Waals surface area (Å²) in [6.45, 7) is 5.08. The van der Waals surface area contributed by atoms with Crippen LogP contribution >= 0.6 is 0 Å². The number of benzene rings is 1. The summed E-state index contributed by atoms with van der Waals surface area (Å²) in [4.78, 5) is 0. The van der Waals surface area contributed by atoms with Gasteiger partial charge in [0.1, 0.15) is 12.4 Å². The molecule has 1 aliphatic carbocycles. The molecule has 21 heavy (non-hydrogen) atoms. The van der Waals surface area contributed by atoms with Crippen LogP contribution in [-0.4, -0.2) is 23.9 Å². The first-order chi connectivity index (χ1) is 10.2. The standard InChI is InChI=1S/C18H25NO2/c1-2-13-21-15-8-6-14(7-9-15)17-16-5-3-4-10-18(16,20)11-12-19-17/h2,6-9,16-17,19-20H,1,3-5,10-13H2/t16-,17+,18-/m1/s1. The Hall–Kier alpha value is -1.32. The zero-order valence-corrected chi connectivity index (χ0v) is 12.6. The summed E-state index contributed by atoms with van der Waals surface area (Å²) in [5.41, 5.74) is 0.789. The molecule has 0 bridgehead atoms. The minimum Gasteiger partial charge on any atom is -0.490 e. The molecule has 1 aliphatic heterocycles. The summed E-state index contributed by atoms with van der Waals surface area (Å²) < 4.78 is 5.54. The molecule has 1 heterocycles. The van der Waals surface area contributed by atoms with Crippen LogP contribution in [0.25, 0.3) is 0 Å². The molecule has 0 radical (unpaired) electrons. The molecule has 114 valence electrons. The lowest BCUT2D eigenvalue weighted by Crippen LogP contribution is -2.53. The Morgan fingerprint density at radius 1 is 1.29 bits per heavy atom. The van der Waals surface area contributed by atoms with Crippen molar-refractivity contribution in [3.05, 3.63) is 42.5 Å². The van der Waals surface area contributed by atoms with E-state index < -0.39 is 5.60 Å². The third-order valence-electron chi connectivity index (χ3n) is 5.00. The Bertz CT molecular complexity index is 480. The van der Waals surface area contributed by atoms with Crippen molar-refractivity contribution in [1.29, 1.82) is 0 Å². The smallest absolute Gasteiger partial charge is 0.119 e. The van der Waals surface area contributed by atoms with E-state index in [0.29, 0.717) is 12.5 Å². The van der Waals surface area contributed by atoms with E-state index >= 15 is 0 Å². The van der Waals surface area contributed by atoms with Crippen LogP contribution in [0, 0.1) is 5.92 Å². The SMILES string of the molecule is C=CCOc1ccc([C@@H]2NCC[C@]3(O)CCCC[C@H]23)cc1. The molecule has 0 unspecified atom stereocenters. The molecule has 3 atom stereocenters. The average molecular weight is 287 g/mol. The Morgan fingerprint density at radius 3 is 2.86 bits per heavy atom. The van der Waals surface area contributed by atoms with Gasteiger partial charge in [-0.05, 0) is 43.5 Å². The van der Waals surface area contributed by atoms with E-state index in [1.165, 1.54) is 12.0 Å². The average Bonchev–Trinajstić information content (AvgIpc) is 2.52. The summed E-state index contributed by atoms with van der Waals surface area (Å²) in [6, 6.07) is 8.53. The lowest BCUT2D eigenvalue weighted by atomic mass is 9.67. The fraction of sp³-hybridized carbons (Fsp3) is 0.556. The van der Waals surface area contributed by atoms with Crippen molar-refractivity contribution < 1.29 is 9.84 Å². The van der Waals surface area contributed by atoms with Crippen molar-refractivity contribution >= 4 is 0 Å². The molecule has 2 fully saturated rings. The van der Waals surface area contributed by atoms with Gasteiger partial charge in [-0.1, -0.05) is 37.6 Å². The van der Waals surface area contributed by atoms with Gasteiger partial charge >= 0.3 is 0 Å². The second-order valence-electron chi connectivity index (χ2n) is 6.31. The van der Waals surface area contributed by atoms with Crippen LogP contribution in [-0.2, 0) is 0 Å². The molecule has 0 amide bonds. The fourth-order valence-electron chi connectivity index (χ4n) is 3.90. The molecule has 1 saturated carbocycles. The fourth-order valence-corrected chi connectivity index (χ4v) is 3.90. The van der Waals surface area contributed by atoms with Gasteiger partial charge in [0, 0.05) is 12.0 Å². The maximum atomic E-state index is 10.9. The number of nitrogens with one attached hydrogen (secondary N) is 1. The molecule has 0 spiro atoms. The highest BCUT2D eigenvalue weighted by Crippen LogP contribution is 2.45. The summed E-state index contributed by atoms with van der Waals surface area (Å²) in [5, 5.41) is 14.5. The maximum absolute atomic E-state index is 10.9. The Kier molecular flexibility index (Phi) is 4.32. The zero-order chi connectivity index (χ0) is 14.7. The zero-order valence-electron chi connectivity index (χ0n) is 12.6. The maximum Gasteiger partial charge on any atom is 0.119 e. The molecule has 0 aromatic heterocycles. The van der Waals surface area contributed by atoms with E-state index in [0.717, 1.165) is 38.0 Å². The molecule has 3 heteroatoms. The van der Waals surface area contributed by atoms with Crippen molar-refractivity contribution in [2.45, 2.75) is 43.7 Å². The van der Waals surface area contributed by atoms with Gasteiger partial charge < -0.3 is 15.2 Å². The molecular formula is C18H25NO2. The van der Waals surface area contributed by atoms with Gasteiger partial charge in [0.05, 0.1) is 5.60 Å². The molecule has 2 N–H and O–H groups in total. The van der Waals surface area contributed by atoms with E-state index in [1.54, 1.807) is 6.08 Å². The van der Waals surface area contributed by atoms with Crippen LogP contribution < -0.4 is 10.1 Å². The summed E-state index contributed by atoms with van der Waals surface area (Å²) in [6.07, 6.45) is 7.09. The van der Waals surface area contributed by atoms with Crippen LogP contribution in [0.5, 0.6) is 5.75 Å². The van der Waals surface area contributed by atoms with Gasteiger partial charge in [-0.15, -0.1) is 0 Å². The van der Waals surface area contributed by atoms with Gasteiger partial charge in [0.2, 0.25) is 0 Å². The predicted molar refractivity (Wildman–Crippen MR) is 84.4 cm³/mol. The van der Waals surface area contributed by atoms with Crippen LogP contribution in [0.4, 0.5) is 0 Å². The highest BCUT2D eigenvalue weighted by molar-refractivity contribution is 5.30. The number of ether oxygens (including phenoxy) is 1. The first kappa shape index (κ1) is 14.6. The number of hydrogen-bond donors (Lipinski definition) is 2. The van der Waals surface area contributed by atoms with Gasteiger partial charge in [-0.25, -0.2) is 0 Å². The van der Waals surface area contributed by atoms with Gasteiger partial charge in [0.25, 0.3) is 0 Å². The largest absolute Gasteiger partial charge is 0.490 e. The monoisotopic (exact) mass is 287 g/mol. The molecule has 1 aromatic rings. The van der Waals surface area contributed by atoms with E-state index in [1.807, 2.05) is 12.1 Å². The number of piperidine rings is 1. The molecular weight excluding hydrogens is 262 g/mol. The molecule has 1 saturated heterocycles. The second kappa shape index (κ2) is 6.20. The van der Waals surface area contributed by atoms with Crippen molar-refractivity contribution in [2.75, 3.05) is 13.2 Å². The number of rotatable bonds is 4. The first-order valence-corrected chi connectivity index (χ1v) is 8.02. The number of hydrogen-bond acceptors (Lipinski definition) is 3. The van der Waals surface area contributed by atoms with Crippen molar-refractivity contribution in [3.8, 4) is 5.75 Å². The summed E-state index contributed by atoms with van der Waals surface area (Å²) in [7, 11) is 0. The predicted octanol–water partition coefficient (Wildman–Crippen LogP) is 3.21.